The maximum absolute atomic E-state index is 14.5. The molecule has 5 aromatic carbocycles. The first-order chi connectivity index (χ1) is 28.1. The molecule has 8 nitrogen and oxygen atoms in total. The average molecular weight is 830 g/mol. The number of hydrogen-bond donors (Lipinski definition) is 0. The van der Waals surface area contributed by atoms with Crippen molar-refractivity contribution in [3.05, 3.63) is 141 Å². The number of carbonyl (C=O) groups excluding carboxylic acids is 2. The standard InChI is InChI=1S/C46H44Cl2F2N2O6/c1-3-5-7-9-23-55-41-21-19-35(25-39(41)49)51-29-31-11-15-33(16-12-31)45(53)57-43-28-44(38(48)27-37(43)47)58-46(54)34-17-13-32(14-18-34)30-52-36-20-22-42(40(50)26-36)56-24-10-8-6-4-2/h11-22,25-30H,3-10,23-24H2,1-2H3. The van der Waals surface area contributed by atoms with Crippen LogP contribution in [-0.4, -0.2) is 37.6 Å². The molecule has 0 radical (unpaired) electrons. The molecule has 0 bridgehead atoms. The quantitative estimate of drug-likeness (QED) is 0.0335. The summed E-state index contributed by atoms with van der Waals surface area (Å²) in [4.78, 5) is 34.7. The summed E-state index contributed by atoms with van der Waals surface area (Å²) in [6, 6.07) is 24.4. The molecule has 0 saturated carbocycles. The van der Waals surface area contributed by atoms with Crippen LogP contribution in [0.5, 0.6) is 23.0 Å². The molecule has 0 aliphatic carbocycles. The fourth-order valence-corrected chi connectivity index (χ4v) is 5.95. The minimum atomic E-state index is -0.723. The molecular formula is C46H44Cl2F2N2O6. The van der Waals surface area contributed by atoms with Crippen LogP contribution in [0.2, 0.25) is 10.0 Å². The molecular weight excluding hydrogens is 785 g/mol. The van der Waals surface area contributed by atoms with E-state index in [2.05, 4.69) is 23.8 Å². The van der Waals surface area contributed by atoms with Crippen molar-refractivity contribution in [3.63, 3.8) is 0 Å². The molecule has 0 amide bonds. The molecule has 0 spiro atoms. The van der Waals surface area contributed by atoms with Gasteiger partial charge < -0.3 is 18.9 Å². The third-order valence-corrected chi connectivity index (χ3v) is 9.34. The molecule has 5 rings (SSSR count). The summed E-state index contributed by atoms with van der Waals surface area (Å²) in [7, 11) is 0. The summed E-state index contributed by atoms with van der Waals surface area (Å²) in [6.45, 7) is 5.17. The third-order valence-electron chi connectivity index (χ3n) is 8.75. The number of rotatable bonds is 20. The second kappa shape index (κ2) is 22.4. The van der Waals surface area contributed by atoms with Gasteiger partial charge in [0.05, 0.1) is 45.8 Å². The van der Waals surface area contributed by atoms with Gasteiger partial charge in [-0.05, 0) is 78.6 Å². The van der Waals surface area contributed by atoms with E-state index in [0.717, 1.165) is 51.4 Å². The number of ether oxygens (including phenoxy) is 4. The van der Waals surface area contributed by atoms with Crippen LogP contribution in [0, 0.1) is 11.6 Å². The lowest BCUT2D eigenvalue weighted by Gasteiger charge is -2.11. The minimum absolute atomic E-state index is 0.0233. The molecule has 0 N–H and O–H groups in total. The van der Waals surface area contributed by atoms with Crippen molar-refractivity contribution in [3.8, 4) is 23.0 Å². The van der Waals surface area contributed by atoms with Gasteiger partial charge in [-0.2, -0.15) is 0 Å². The Hall–Kier alpha value is -5.58. The van der Waals surface area contributed by atoms with Crippen LogP contribution >= 0.6 is 23.2 Å². The molecule has 58 heavy (non-hydrogen) atoms. The van der Waals surface area contributed by atoms with Crippen LogP contribution < -0.4 is 18.9 Å². The van der Waals surface area contributed by atoms with Crippen molar-refractivity contribution in [1.82, 2.24) is 0 Å². The van der Waals surface area contributed by atoms with Crippen LogP contribution in [0.3, 0.4) is 0 Å². The highest BCUT2D eigenvalue weighted by molar-refractivity contribution is 6.36. The van der Waals surface area contributed by atoms with Crippen molar-refractivity contribution >= 4 is 58.9 Å². The van der Waals surface area contributed by atoms with Crippen molar-refractivity contribution in [1.29, 1.82) is 0 Å². The Labute approximate surface area is 347 Å². The molecule has 0 saturated heterocycles. The molecule has 0 fully saturated rings. The SMILES string of the molecule is CCCCCCOc1ccc(N=Cc2ccc(C(=O)Oc3cc(OC(=O)c4ccc(C=Nc5ccc(OCCCCCC)c(F)c5)cc4)c(Cl)cc3Cl)cc2)cc1F. The summed E-state index contributed by atoms with van der Waals surface area (Å²) in [5, 5.41) is 0.0466. The normalized spacial score (nSPS) is 11.3. The Morgan fingerprint density at radius 3 is 1.33 bits per heavy atom. The number of halogens is 4. The zero-order valence-electron chi connectivity index (χ0n) is 32.3. The Bertz CT molecular complexity index is 2060. The van der Waals surface area contributed by atoms with Gasteiger partial charge in [-0.1, -0.05) is 99.8 Å². The third kappa shape index (κ3) is 13.2. The monoisotopic (exact) mass is 828 g/mol. The minimum Gasteiger partial charge on any atom is -0.491 e. The Balaban J connectivity index is 1.14. The maximum Gasteiger partial charge on any atom is 0.343 e. The highest BCUT2D eigenvalue weighted by Crippen LogP contribution is 2.37. The summed E-state index contributed by atoms with van der Waals surface area (Å²) in [5.74, 6) is -2.20. The number of nitrogens with zero attached hydrogens (tertiary/aromatic N) is 2. The van der Waals surface area contributed by atoms with Crippen molar-refractivity contribution < 1.29 is 37.3 Å². The van der Waals surface area contributed by atoms with Gasteiger partial charge in [0.2, 0.25) is 0 Å². The fraction of sp³-hybridized carbons (Fsp3) is 0.261. The first-order valence-corrected chi connectivity index (χ1v) is 20.0. The van der Waals surface area contributed by atoms with Gasteiger partial charge in [0.1, 0.15) is 0 Å². The fourth-order valence-electron chi connectivity index (χ4n) is 5.49. The van der Waals surface area contributed by atoms with E-state index in [1.165, 1.54) is 24.3 Å². The Morgan fingerprint density at radius 1 is 0.534 bits per heavy atom. The molecule has 5 aromatic rings. The van der Waals surface area contributed by atoms with Gasteiger partial charge in [0, 0.05) is 30.6 Å². The van der Waals surface area contributed by atoms with Crippen LogP contribution in [0.15, 0.2) is 107 Å². The van der Waals surface area contributed by atoms with E-state index in [1.807, 2.05) is 0 Å². The smallest absolute Gasteiger partial charge is 0.343 e. The number of benzene rings is 5. The molecule has 0 aliphatic heterocycles. The second-order valence-corrected chi connectivity index (χ2v) is 14.1. The molecule has 0 aliphatic rings. The predicted molar refractivity (Wildman–Crippen MR) is 226 cm³/mol. The summed E-state index contributed by atoms with van der Waals surface area (Å²) in [5.41, 5.74) is 2.55. The molecule has 0 unspecified atom stereocenters. The van der Waals surface area contributed by atoms with E-state index < -0.39 is 23.6 Å². The zero-order valence-corrected chi connectivity index (χ0v) is 33.8. The Morgan fingerprint density at radius 2 is 0.948 bits per heavy atom. The zero-order chi connectivity index (χ0) is 41.3. The Kier molecular flexibility index (Phi) is 16.8. The highest BCUT2D eigenvalue weighted by Gasteiger charge is 2.18. The van der Waals surface area contributed by atoms with Gasteiger partial charge in [-0.15, -0.1) is 0 Å². The lowest BCUT2D eigenvalue weighted by atomic mass is 10.1. The first-order valence-electron chi connectivity index (χ1n) is 19.2. The number of unbranched alkanes of at least 4 members (excludes halogenated alkanes) is 6. The highest BCUT2D eigenvalue weighted by atomic mass is 35.5. The predicted octanol–water partition coefficient (Wildman–Crippen LogP) is 13.1. The maximum atomic E-state index is 14.5. The lowest BCUT2D eigenvalue weighted by Crippen LogP contribution is -2.11. The van der Waals surface area contributed by atoms with E-state index in [9.17, 15) is 18.4 Å². The van der Waals surface area contributed by atoms with Crippen LogP contribution in [-0.2, 0) is 0 Å². The molecule has 302 valence electrons. The van der Waals surface area contributed by atoms with Gasteiger partial charge in [0.15, 0.2) is 34.6 Å². The first kappa shape index (κ1) is 43.5. The van der Waals surface area contributed by atoms with Crippen LogP contribution in [0.4, 0.5) is 20.2 Å². The molecule has 0 heterocycles. The molecule has 12 heteroatoms. The van der Waals surface area contributed by atoms with E-state index in [1.54, 1.807) is 85.2 Å². The van der Waals surface area contributed by atoms with E-state index in [4.69, 9.17) is 42.1 Å². The molecule has 0 atom stereocenters. The number of carbonyl (C=O) groups is 2. The van der Waals surface area contributed by atoms with Crippen molar-refractivity contribution in [2.24, 2.45) is 9.98 Å². The topological polar surface area (TPSA) is 95.8 Å². The average Bonchev–Trinajstić information content (AvgIpc) is 3.22. The summed E-state index contributed by atoms with van der Waals surface area (Å²) >= 11 is 12.6. The van der Waals surface area contributed by atoms with E-state index in [-0.39, 0.29) is 44.2 Å². The van der Waals surface area contributed by atoms with Gasteiger partial charge >= 0.3 is 11.9 Å². The van der Waals surface area contributed by atoms with Gasteiger partial charge in [-0.3, -0.25) is 9.98 Å². The van der Waals surface area contributed by atoms with Crippen molar-refractivity contribution in [2.75, 3.05) is 13.2 Å². The molecule has 0 aromatic heterocycles. The summed E-state index contributed by atoms with van der Waals surface area (Å²) in [6.07, 6.45) is 11.4. The van der Waals surface area contributed by atoms with Crippen molar-refractivity contribution in [2.45, 2.75) is 65.2 Å². The van der Waals surface area contributed by atoms with E-state index in [0.29, 0.717) is 35.7 Å². The van der Waals surface area contributed by atoms with Crippen LogP contribution in [0.1, 0.15) is 97.1 Å². The summed E-state index contributed by atoms with van der Waals surface area (Å²) < 4.78 is 51.2. The number of hydrogen-bond acceptors (Lipinski definition) is 8. The number of aliphatic imine (C=N–C) groups is 2. The number of esters is 2. The largest absolute Gasteiger partial charge is 0.491 e. The second-order valence-electron chi connectivity index (χ2n) is 13.3. The lowest BCUT2D eigenvalue weighted by molar-refractivity contribution is 0.0733. The van der Waals surface area contributed by atoms with Crippen LogP contribution in [0.25, 0.3) is 0 Å². The van der Waals surface area contributed by atoms with Gasteiger partial charge in [-0.25, -0.2) is 18.4 Å². The van der Waals surface area contributed by atoms with Gasteiger partial charge in [0.25, 0.3) is 0 Å². The van der Waals surface area contributed by atoms with E-state index >= 15 is 0 Å².